The van der Waals surface area contributed by atoms with Gasteiger partial charge in [0.15, 0.2) is 0 Å². The van der Waals surface area contributed by atoms with Crippen molar-refractivity contribution in [2.45, 2.75) is 114 Å². The van der Waals surface area contributed by atoms with E-state index in [2.05, 4.69) is 91.8 Å². The zero-order valence-corrected chi connectivity index (χ0v) is 22.6. The fraction of sp³-hybridized carbons (Fsp3) is 0.600. The Bertz CT molecular complexity index is 674. The Kier molecular flexibility index (Phi) is 18.4. The molecule has 0 atom stereocenters. The van der Waals surface area contributed by atoms with Crippen LogP contribution in [-0.2, 0) is 0 Å². The van der Waals surface area contributed by atoms with Crippen molar-refractivity contribution < 1.29 is 0 Å². The molecule has 3 rings (SSSR count). The molecule has 1 aliphatic carbocycles. The molecule has 3 N–H and O–H groups in total. The van der Waals surface area contributed by atoms with Crippen molar-refractivity contribution in [3.63, 3.8) is 0 Å². The molecule has 2 aromatic carbocycles. The predicted molar refractivity (Wildman–Crippen MR) is 145 cm³/mol. The van der Waals surface area contributed by atoms with Crippen LogP contribution >= 0.6 is 0 Å². The lowest BCUT2D eigenvalue weighted by Crippen LogP contribution is -2.12. The highest BCUT2D eigenvalue weighted by atomic mass is 14.3. The third-order valence-electron chi connectivity index (χ3n) is 5.65. The normalized spacial score (nSPS) is 16.8. The van der Waals surface area contributed by atoms with Crippen molar-refractivity contribution in [2.24, 2.45) is 5.92 Å². The van der Waals surface area contributed by atoms with Crippen LogP contribution in [0.2, 0.25) is 0 Å². The summed E-state index contributed by atoms with van der Waals surface area (Å²) in [7, 11) is 0. The molecule has 1 saturated carbocycles. The summed E-state index contributed by atoms with van der Waals surface area (Å²) in [5, 5.41) is 0. The van der Waals surface area contributed by atoms with Gasteiger partial charge < -0.3 is 6.15 Å². The fourth-order valence-corrected chi connectivity index (χ4v) is 3.90. The van der Waals surface area contributed by atoms with Gasteiger partial charge in [0, 0.05) is 0 Å². The molecular formula is C30H53N. The van der Waals surface area contributed by atoms with Crippen molar-refractivity contribution in [2.75, 3.05) is 0 Å². The standard InChI is InChI=1S/C22H28.2C3H8.C2H6.H3N/c1-15-5-9-19(10-6-15)21-13-14-22(18(4)17(21)3)20-11-7-16(2)8-12-20;2*1-3-2;1-2;/h5-6,9-10,13-14,16,20H,7-8,11-12H2,1-4H3;2*3H2,1-2H3;1-2H3;1H3. The molecule has 0 aromatic heterocycles. The molecule has 2 aromatic rings. The maximum atomic E-state index is 2.40. The van der Waals surface area contributed by atoms with Crippen LogP contribution in [0.3, 0.4) is 0 Å². The Balaban J connectivity index is 0. The first-order chi connectivity index (χ1) is 14.4. The van der Waals surface area contributed by atoms with Gasteiger partial charge in [-0.3, -0.25) is 0 Å². The smallest absolute Gasteiger partial charge is 0.0152 e. The van der Waals surface area contributed by atoms with Gasteiger partial charge in [0.25, 0.3) is 0 Å². The molecule has 0 bridgehead atoms. The molecule has 0 spiro atoms. The molecule has 0 radical (unpaired) electrons. The van der Waals surface area contributed by atoms with Gasteiger partial charge in [-0.1, -0.05) is 116 Å². The number of aryl methyl sites for hydroxylation is 1. The molecule has 0 aliphatic heterocycles. The number of rotatable bonds is 2. The highest BCUT2D eigenvalue weighted by Crippen LogP contribution is 2.39. The summed E-state index contributed by atoms with van der Waals surface area (Å²) >= 11 is 0. The van der Waals surface area contributed by atoms with Crippen LogP contribution in [-0.4, -0.2) is 0 Å². The average molecular weight is 428 g/mol. The van der Waals surface area contributed by atoms with Gasteiger partial charge in [-0.2, -0.15) is 0 Å². The summed E-state index contributed by atoms with van der Waals surface area (Å²) < 4.78 is 0. The van der Waals surface area contributed by atoms with Crippen molar-refractivity contribution in [1.29, 1.82) is 0 Å². The van der Waals surface area contributed by atoms with Crippen LogP contribution < -0.4 is 6.15 Å². The molecule has 0 unspecified atom stereocenters. The monoisotopic (exact) mass is 427 g/mol. The van der Waals surface area contributed by atoms with E-state index < -0.39 is 0 Å². The van der Waals surface area contributed by atoms with Crippen LogP contribution in [0.5, 0.6) is 0 Å². The van der Waals surface area contributed by atoms with Crippen LogP contribution in [0.15, 0.2) is 36.4 Å². The zero-order chi connectivity index (χ0) is 23.1. The van der Waals surface area contributed by atoms with Crippen LogP contribution in [0.1, 0.15) is 115 Å². The Labute approximate surface area is 195 Å². The number of benzene rings is 2. The van der Waals surface area contributed by atoms with Gasteiger partial charge in [0.2, 0.25) is 0 Å². The summed E-state index contributed by atoms with van der Waals surface area (Å²) in [6.07, 6.45) is 8.02. The molecule has 0 amide bonds. The lowest BCUT2D eigenvalue weighted by molar-refractivity contribution is 0.347. The molecule has 178 valence electrons. The second-order valence-electron chi connectivity index (χ2n) is 8.69. The van der Waals surface area contributed by atoms with Crippen molar-refractivity contribution in [3.05, 3.63) is 58.7 Å². The molecular weight excluding hydrogens is 374 g/mol. The minimum absolute atomic E-state index is 0. The first-order valence-corrected chi connectivity index (χ1v) is 12.6. The van der Waals surface area contributed by atoms with E-state index >= 15 is 0 Å². The van der Waals surface area contributed by atoms with Gasteiger partial charge in [-0.25, -0.2) is 0 Å². The maximum absolute atomic E-state index is 2.40. The second-order valence-corrected chi connectivity index (χ2v) is 8.69. The largest absolute Gasteiger partial charge is 0.344 e. The summed E-state index contributed by atoms with van der Waals surface area (Å²) in [5.74, 6) is 1.70. The maximum Gasteiger partial charge on any atom is -0.0152 e. The van der Waals surface area contributed by atoms with E-state index in [0.29, 0.717) is 0 Å². The Morgan fingerprint density at radius 2 is 1.13 bits per heavy atom. The summed E-state index contributed by atoms with van der Waals surface area (Å²) in [5.41, 5.74) is 8.63. The van der Waals surface area contributed by atoms with Gasteiger partial charge in [0.05, 0.1) is 0 Å². The Morgan fingerprint density at radius 1 is 0.677 bits per heavy atom. The molecule has 0 saturated heterocycles. The first-order valence-electron chi connectivity index (χ1n) is 12.6. The van der Waals surface area contributed by atoms with Crippen LogP contribution in [0, 0.1) is 26.7 Å². The molecule has 1 nitrogen and oxygen atoms in total. The van der Waals surface area contributed by atoms with E-state index in [1.54, 1.807) is 5.56 Å². The SMILES string of the molecule is CC.CCC.CCC.Cc1ccc(-c2ccc(C3CCC(C)CC3)c(C)c2C)cc1.N. The van der Waals surface area contributed by atoms with Crippen molar-refractivity contribution >= 4 is 0 Å². The van der Waals surface area contributed by atoms with E-state index in [4.69, 9.17) is 0 Å². The van der Waals surface area contributed by atoms with E-state index in [1.165, 1.54) is 66.3 Å². The third kappa shape index (κ3) is 10.5. The van der Waals surface area contributed by atoms with Crippen LogP contribution in [0.4, 0.5) is 0 Å². The van der Waals surface area contributed by atoms with Crippen molar-refractivity contribution in [1.82, 2.24) is 6.15 Å². The molecule has 0 heterocycles. The number of hydrogen-bond donors (Lipinski definition) is 1. The lowest BCUT2D eigenvalue weighted by atomic mass is 9.77. The van der Waals surface area contributed by atoms with E-state index in [9.17, 15) is 0 Å². The first kappa shape index (κ1) is 31.6. The van der Waals surface area contributed by atoms with E-state index in [0.717, 1.165) is 11.8 Å². The van der Waals surface area contributed by atoms with Gasteiger partial charge in [0.1, 0.15) is 0 Å². The van der Waals surface area contributed by atoms with Gasteiger partial charge >= 0.3 is 0 Å². The zero-order valence-electron chi connectivity index (χ0n) is 22.6. The highest BCUT2D eigenvalue weighted by Gasteiger charge is 2.22. The van der Waals surface area contributed by atoms with Crippen LogP contribution in [0.25, 0.3) is 11.1 Å². The predicted octanol–water partition coefficient (Wildman–Crippen LogP) is 10.6. The lowest BCUT2D eigenvalue weighted by Gasteiger charge is -2.28. The molecule has 1 aliphatic rings. The number of hydrogen-bond acceptors (Lipinski definition) is 1. The fourth-order valence-electron chi connectivity index (χ4n) is 3.90. The Hall–Kier alpha value is -1.60. The minimum Gasteiger partial charge on any atom is -0.344 e. The Morgan fingerprint density at radius 3 is 1.58 bits per heavy atom. The summed E-state index contributed by atoms with van der Waals surface area (Å²) in [6.45, 7) is 21.7. The van der Waals surface area contributed by atoms with E-state index in [-0.39, 0.29) is 6.15 Å². The molecule has 31 heavy (non-hydrogen) atoms. The third-order valence-corrected chi connectivity index (χ3v) is 5.65. The summed E-state index contributed by atoms with van der Waals surface area (Å²) in [6, 6.07) is 13.7. The highest BCUT2D eigenvalue weighted by molar-refractivity contribution is 5.69. The quantitative estimate of drug-likeness (QED) is 0.508. The van der Waals surface area contributed by atoms with Gasteiger partial charge in [-0.15, -0.1) is 0 Å². The molecule has 1 fully saturated rings. The van der Waals surface area contributed by atoms with Crippen molar-refractivity contribution in [3.8, 4) is 11.1 Å². The second kappa shape index (κ2) is 18.0. The van der Waals surface area contributed by atoms with Gasteiger partial charge in [-0.05, 0) is 73.3 Å². The minimum atomic E-state index is 0. The van der Waals surface area contributed by atoms with E-state index in [1.807, 2.05) is 13.8 Å². The summed E-state index contributed by atoms with van der Waals surface area (Å²) in [4.78, 5) is 0. The average Bonchev–Trinajstić information content (AvgIpc) is 2.74. The topological polar surface area (TPSA) is 35.0 Å². The molecule has 1 heteroatoms.